The van der Waals surface area contributed by atoms with Gasteiger partial charge in [0.1, 0.15) is 11.9 Å². The van der Waals surface area contributed by atoms with E-state index in [-0.39, 0.29) is 5.75 Å². The highest BCUT2D eigenvalue weighted by atomic mass is 79.9. The number of para-hydroxylation sites is 2. The molecule has 110 valence electrons. The van der Waals surface area contributed by atoms with Gasteiger partial charge in [-0.3, -0.25) is 0 Å². The number of rotatable bonds is 3. The molecule has 0 aliphatic carbocycles. The Hall–Kier alpha value is -1.82. The molecular weight excluding hydrogens is 344 g/mol. The number of hydrogen-bond acceptors (Lipinski definition) is 3. The fourth-order valence-electron chi connectivity index (χ4n) is 2.28. The zero-order chi connectivity index (χ0) is 14.8. The quantitative estimate of drug-likeness (QED) is 0.872. The lowest BCUT2D eigenvalue weighted by atomic mass is 10.1. The first-order valence-electron chi connectivity index (χ1n) is 6.38. The Morgan fingerprint density at radius 1 is 1.19 bits per heavy atom. The van der Waals surface area contributed by atoms with Gasteiger partial charge >= 0.3 is 6.61 Å². The summed E-state index contributed by atoms with van der Waals surface area (Å²) in [6.07, 6.45) is -0.397. The third kappa shape index (κ3) is 2.95. The van der Waals surface area contributed by atoms with Gasteiger partial charge in [0.25, 0.3) is 0 Å². The van der Waals surface area contributed by atoms with Crippen molar-refractivity contribution in [3.8, 4) is 11.5 Å². The topological polar surface area (TPSA) is 30.5 Å². The van der Waals surface area contributed by atoms with Crippen LogP contribution in [0.15, 0.2) is 46.9 Å². The molecule has 21 heavy (non-hydrogen) atoms. The van der Waals surface area contributed by atoms with Gasteiger partial charge in [-0.2, -0.15) is 8.78 Å². The molecule has 3 nitrogen and oxygen atoms in total. The molecular formula is C15H12BrF2NO2. The molecule has 1 aliphatic heterocycles. The van der Waals surface area contributed by atoms with Crippen LogP contribution in [0.4, 0.5) is 14.5 Å². The molecule has 1 N–H and O–H groups in total. The maximum absolute atomic E-state index is 12.5. The van der Waals surface area contributed by atoms with E-state index in [0.29, 0.717) is 17.9 Å². The van der Waals surface area contributed by atoms with Gasteiger partial charge in [-0.15, -0.1) is 0 Å². The Bertz CT molecular complexity index is 651. The van der Waals surface area contributed by atoms with Crippen LogP contribution in [-0.4, -0.2) is 13.2 Å². The summed E-state index contributed by atoms with van der Waals surface area (Å²) in [5, 5.41) is 3.23. The van der Waals surface area contributed by atoms with E-state index in [0.717, 1.165) is 10.2 Å². The van der Waals surface area contributed by atoms with Crippen LogP contribution in [0.1, 0.15) is 11.7 Å². The van der Waals surface area contributed by atoms with Gasteiger partial charge in [0.05, 0.1) is 16.7 Å². The zero-order valence-corrected chi connectivity index (χ0v) is 12.4. The van der Waals surface area contributed by atoms with Crippen molar-refractivity contribution in [2.45, 2.75) is 12.7 Å². The minimum absolute atomic E-state index is 0.134. The molecule has 1 unspecified atom stereocenters. The molecule has 1 atom stereocenters. The first-order chi connectivity index (χ1) is 10.1. The second-order valence-corrected chi connectivity index (χ2v) is 5.37. The van der Waals surface area contributed by atoms with Gasteiger partial charge in [0.15, 0.2) is 5.75 Å². The third-order valence-corrected chi connectivity index (χ3v) is 3.81. The molecule has 6 heteroatoms. The van der Waals surface area contributed by atoms with Crippen molar-refractivity contribution >= 4 is 21.6 Å². The Morgan fingerprint density at radius 2 is 2.00 bits per heavy atom. The fraction of sp³-hybridized carbons (Fsp3) is 0.200. The van der Waals surface area contributed by atoms with Crippen molar-refractivity contribution in [2.75, 3.05) is 11.9 Å². The van der Waals surface area contributed by atoms with Gasteiger partial charge < -0.3 is 14.8 Å². The highest BCUT2D eigenvalue weighted by Gasteiger charge is 2.25. The van der Waals surface area contributed by atoms with E-state index >= 15 is 0 Å². The number of fused-ring (bicyclic) bond motifs is 1. The highest BCUT2D eigenvalue weighted by molar-refractivity contribution is 9.10. The van der Waals surface area contributed by atoms with Crippen LogP contribution in [0.5, 0.6) is 11.5 Å². The van der Waals surface area contributed by atoms with Gasteiger partial charge in [0.2, 0.25) is 0 Å². The van der Waals surface area contributed by atoms with Crippen molar-refractivity contribution in [1.29, 1.82) is 0 Å². The van der Waals surface area contributed by atoms with E-state index in [4.69, 9.17) is 4.74 Å². The number of anilines is 1. The summed E-state index contributed by atoms with van der Waals surface area (Å²) in [4.78, 5) is 0. The number of alkyl halides is 2. The summed E-state index contributed by atoms with van der Waals surface area (Å²) in [6, 6.07) is 12.3. The standard InChI is InChI=1S/C15H12BrF2NO2/c16-10-5-3-6-11-14(10)20-13(8-19-11)9-4-1-2-7-12(9)21-15(17)18/h1-7,13,15,19H,8H2. The number of halogens is 3. The van der Waals surface area contributed by atoms with Crippen LogP contribution in [0.3, 0.4) is 0 Å². The summed E-state index contributed by atoms with van der Waals surface area (Å²) < 4.78 is 36.3. The van der Waals surface area contributed by atoms with Crippen molar-refractivity contribution in [1.82, 2.24) is 0 Å². The third-order valence-electron chi connectivity index (χ3n) is 3.19. The smallest absolute Gasteiger partial charge is 0.387 e. The molecule has 0 bridgehead atoms. The van der Waals surface area contributed by atoms with E-state index in [2.05, 4.69) is 26.0 Å². The lowest BCUT2D eigenvalue weighted by molar-refractivity contribution is -0.0513. The molecule has 0 amide bonds. The summed E-state index contributed by atoms with van der Waals surface area (Å²) in [7, 11) is 0. The van der Waals surface area contributed by atoms with Crippen molar-refractivity contribution in [2.24, 2.45) is 0 Å². The maximum atomic E-state index is 12.5. The highest BCUT2D eigenvalue weighted by Crippen LogP contribution is 2.41. The minimum atomic E-state index is -2.86. The number of hydrogen-bond donors (Lipinski definition) is 1. The number of benzene rings is 2. The van der Waals surface area contributed by atoms with Gasteiger partial charge in [-0.1, -0.05) is 24.3 Å². The predicted octanol–water partition coefficient (Wildman–Crippen LogP) is 4.60. The molecule has 3 rings (SSSR count). The van der Waals surface area contributed by atoms with E-state index < -0.39 is 12.7 Å². The van der Waals surface area contributed by atoms with Crippen molar-refractivity contribution < 1.29 is 18.3 Å². The van der Waals surface area contributed by atoms with Crippen molar-refractivity contribution in [3.05, 3.63) is 52.5 Å². The molecule has 0 spiro atoms. The number of nitrogens with one attached hydrogen (secondary N) is 1. The average Bonchev–Trinajstić information content (AvgIpc) is 2.47. The lowest BCUT2D eigenvalue weighted by Crippen LogP contribution is -2.24. The Balaban J connectivity index is 1.91. The van der Waals surface area contributed by atoms with Crippen LogP contribution >= 0.6 is 15.9 Å². The van der Waals surface area contributed by atoms with Crippen LogP contribution in [0.2, 0.25) is 0 Å². The average molecular weight is 356 g/mol. The van der Waals surface area contributed by atoms with Crippen LogP contribution < -0.4 is 14.8 Å². The first kappa shape index (κ1) is 14.1. The molecule has 0 aromatic heterocycles. The summed E-state index contributed by atoms with van der Waals surface area (Å²) in [5.41, 5.74) is 1.46. The molecule has 1 heterocycles. The molecule has 0 saturated heterocycles. The van der Waals surface area contributed by atoms with Crippen LogP contribution in [0.25, 0.3) is 0 Å². The van der Waals surface area contributed by atoms with Gasteiger partial charge in [-0.05, 0) is 34.1 Å². The second-order valence-electron chi connectivity index (χ2n) is 4.52. The second kappa shape index (κ2) is 5.89. The molecule has 0 saturated carbocycles. The molecule has 2 aromatic rings. The fourth-order valence-corrected chi connectivity index (χ4v) is 2.74. The summed E-state index contributed by atoms with van der Waals surface area (Å²) in [6.45, 7) is -2.38. The SMILES string of the molecule is FC(F)Oc1ccccc1C1CNc2cccc(Br)c2O1. The Labute approximate surface area is 129 Å². The largest absolute Gasteiger partial charge is 0.480 e. The Kier molecular flexibility index (Phi) is 3.96. The van der Waals surface area contributed by atoms with E-state index in [9.17, 15) is 8.78 Å². The summed E-state index contributed by atoms with van der Waals surface area (Å²) >= 11 is 3.42. The zero-order valence-electron chi connectivity index (χ0n) is 10.9. The summed E-state index contributed by atoms with van der Waals surface area (Å²) in [5.74, 6) is 0.801. The van der Waals surface area contributed by atoms with E-state index in [1.165, 1.54) is 6.07 Å². The normalized spacial score (nSPS) is 16.9. The van der Waals surface area contributed by atoms with Crippen LogP contribution in [0, 0.1) is 0 Å². The van der Waals surface area contributed by atoms with Gasteiger partial charge in [-0.25, -0.2) is 0 Å². The molecule has 0 fully saturated rings. The maximum Gasteiger partial charge on any atom is 0.387 e. The van der Waals surface area contributed by atoms with Gasteiger partial charge in [0, 0.05) is 5.56 Å². The monoisotopic (exact) mass is 355 g/mol. The molecule has 0 radical (unpaired) electrons. The molecule has 1 aliphatic rings. The molecule has 2 aromatic carbocycles. The van der Waals surface area contributed by atoms with Crippen molar-refractivity contribution in [3.63, 3.8) is 0 Å². The van der Waals surface area contributed by atoms with E-state index in [1.54, 1.807) is 18.2 Å². The first-order valence-corrected chi connectivity index (χ1v) is 7.17. The van der Waals surface area contributed by atoms with Crippen LogP contribution in [-0.2, 0) is 0 Å². The minimum Gasteiger partial charge on any atom is -0.480 e. The van der Waals surface area contributed by atoms with E-state index in [1.807, 2.05) is 18.2 Å². The number of ether oxygens (including phenoxy) is 2. The Morgan fingerprint density at radius 3 is 2.81 bits per heavy atom. The predicted molar refractivity (Wildman–Crippen MR) is 79.1 cm³/mol. The lowest BCUT2D eigenvalue weighted by Gasteiger charge is -2.29.